The van der Waals surface area contributed by atoms with Crippen LogP contribution in [0.25, 0.3) is 21.9 Å². The van der Waals surface area contributed by atoms with Gasteiger partial charge in [0.05, 0.1) is 5.69 Å². The second kappa shape index (κ2) is 7.01. The molecule has 0 radical (unpaired) electrons. The van der Waals surface area contributed by atoms with Gasteiger partial charge in [-0.1, -0.05) is 63.2 Å². The van der Waals surface area contributed by atoms with E-state index in [0.717, 1.165) is 44.7 Å². The quantitative estimate of drug-likeness (QED) is 0.242. The molecule has 0 saturated carbocycles. The molecule has 2 aliphatic heterocycles. The summed E-state index contributed by atoms with van der Waals surface area (Å²) < 4.78 is 6.41. The lowest BCUT2D eigenvalue weighted by atomic mass is 9.58. The van der Waals surface area contributed by atoms with Gasteiger partial charge in [0.15, 0.2) is 5.82 Å². The maximum absolute atomic E-state index is 6.41. The summed E-state index contributed by atoms with van der Waals surface area (Å²) >= 11 is 0. The number of allylic oxidation sites excluding steroid dienone is 1. The number of rotatable bonds is 2. The molecule has 2 atom stereocenters. The van der Waals surface area contributed by atoms with Gasteiger partial charge in [0.1, 0.15) is 17.3 Å². The van der Waals surface area contributed by atoms with E-state index in [-0.39, 0.29) is 17.0 Å². The van der Waals surface area contributed by atoms with Crippen LogP contribution in [0, 0.1) is 12.3 Å². The number of aromatic nitrogens is 1. The van der Waals surface area contributed by atoms with Gasteiger partial charge in [-0.25, -0.2) is 4.98 Å². The average Bonchev–Trinajstić information content (AvgIpc) is 3.45. The summed E-state index contributed by atoms with van der Waals surface area (Å²) in [5.41, 5.74) is 7.26. The smallest absolute Gasteiger partial charge is 0.158 e. The topological polar surface area (TPSA) is 32.5 Å². The minimum Gasteiger partial charge on any atom is -0.456 e. The highest BCUT2D eigenvalue weighted by atomic mass is 16.3. The molecule has 0 amide bonds. The van der Waals surface area contributed by atoms with E-state index in [9.17, 15) is 0 Å². The van der Waals surface area contributed by atoms with Gasteiger partial charge in [-0.2, -0.15) is 0 Å². The van der Waals surface area contributed by atoms with Gasteiger partial charge in [-0.15, -0.1) is 6.58 Å². The van der Waals surface area contributed by atoms with Crippen molar-refractivity contribution in [3.8, 4) is 0 Å². The Morgan fingerprint density at radius 1 is 0.833 bits per heavy atom. The van der Waals surface area contributed by atoms with Crippen LogP contribution in [-0.2, 0) is 5.41 Å². The fourth-order valence-corrected chi connectivity index (χ4v) is 6.56. The van der Waals surface area contributed by atoms with Gasteiger partial charge < -0.3 is 14.2 Å². The van der Waals surface area contributed by atoms with Crippen molar-refractivity contribution < 1.29 is 4.42 Å². The third-order valence-electron chi connectivity index (χ3n) is 8.88. The van der Waals surface area contributed by atoms with Crippen molar-refractivity contribution in [2.24, 2.45) is 5.41 Å². The maximum atomic E-state index is 6.41. The lowest BCUT2D eigenvalue weighted by Crippen LogP contribution is -2.60. The van der Waals surface area contributed by atoms with Gasteiger partial charge in [-0.3, -0.25) is 0 Å². The summed E-state index contributed by atoms with van der Waals surface area (Å²) in [6, 6.07) is 25.7. The van der Waals surface area contributed by atoms with Crippen molar-refractivity contribution in [2.75, 3.05) is 9.80 Å². The monoisotopic (exact) mass is 471 g/mol. The number of nitrogens with zero attached hydrogens (tertiary/aromatic N) is 3. The first-order chi connectivity index (χ1) is 17.4. The Morgan fingerprint density at radius 3 is 2.42 bits per heavy atom. The highest BCUT2D eigenvalue weighted by molar-refractivity contribution is 6.07. The largest absolute Gasteiger partial charge is 0.456 e. The summed E-state index contributed by atoms with van der Waals surface area (Å²) in [5, 5.41) is 2.30. The van der Waals surface area contributed by atoms with Crippen LogP contribution in [0.1, 0.15) is 31.9 Å². The first kappa shape index (κ1) is 21.3. The Kier molecular flexibility index (Phi) is 4.14. The maximum Gasteiger partial charge on any atom is 0.158 e. The Bertz CT molecular complexity index is 1700. The lowest BCUT2D eigenvalue weighted by molar-refractivity contribution is 0.171. The number of aryl methyl sites for hydroxylation is 1. The average molecular weight is 472 g/mol. The normalized spacial score (nSPS) is 21.9. The molecule has 3 aromatic carbocycles. The molecule has 5 aromatic rings. The van der Waals surface area contributed by atoms with E-state index in [0.29, 0.717) is 0 Å². The Morgan fingerprint density at radius 2 is 1.58 bits per heavy atom. The SMILES string of the molecule is C=CC1(C)c2ccccc2N2c3ncccc3N(c3ccc4c(oc5ccccc54)c3C)C2C1(C)C. The molecule has 0 aliphatic carbocycles. The Labute approximate surface area is 211 Å². The van der Waals surface area contributed by atoms with E-state index in [4.69, 9.17) is 9.40 Å². The second-order valence-electron chi connectivity index (χ2n) is 10.8. The number of benzene rings is 3. The predicted octanol–water partition coefficient (Wildman–Crippen LogP) is 8.39. The van der Waals surface area contributed by atoms with Crippen molar-refractivity contribution in [1.29, 1.82) is 0 Å². The van der Waals surface area contributed by atoms with Crippen LogP contribution in [0.4, 0.5) is 22.9 Å². The third kappa shape index (κ3) is 2.42. The van der Waals surface area contributed by atoms with Crippen molar-refractivity contribution in [3.63, 3.8) is 0 Å². The lowest BCUT2D eigenvalue weighted by Gasteiger charge is -2.56. The number of anilines is 4. The van der Waals surface area contributed by atoms with E-state index in [1.54, 1.807) is 0 Å². The highest BCUT2D eigenvalue weighted by Crippen LogP contribution is 2.62. The van der Waals surface area contributed by atoms with Crippen LogP contribution in [0.5, 0.6) is 0 Å². The zero-order chi connectivity index (χ0) is 24.8. The van der Waals surface area contributed by atoms with E-state index in [2.05, 4.69) is 105 Å². The molecular weight excluding hydrogens is 442 g/mol. The fraction of sp³-hybridized carbons (Fsp3) is 0.219. The van der Waals surface area contributed by atoms with Crippen molar-refractivity contribution in [3.05, 3.63) is 103 Å². The van der Waals surface area contributed by atoms with Crippen LogP contribution in [0.2, 0.25) is 0 Å². The molecule has 0 saturated heterocycles. The molecule has 2 aliphatic rings. The molecule has 4 heterocycles. The van der Waals surface area contributed by atoms with E-state index >= 15 is 0 Å². The van der Waals surface area contributed by atoms with E-state index in [1.165, 1.54) is 11.3 Å². The van der Waals surface area contributed by atoms with Crippen LogP contribution in [0.3, 0.4) is 0 Å². The number of pyridine rings is 1. The first-order valence-corrected chi connectivity index (χ1v) is 12.6. The summed E-state index contributed by atoms with van der Waals surface area (Å²) in [6.07, 6.45) is 4.03. The number of hydrogen-bond donors (Lipinski definition) is 0. The molecular formula is C32H29N3O. The fourth-order valence-electron chi connectivity index (χ4n) is 6.56. The first-order valence-electron chi connectivity index (χ1n) is 12.6. The molecule has 0 spiro atoms. The predicted molar refractivity (Wildman–Crippen MR) is 149 cm³/mol. The van der Waals surface area contributed by atoms with Crippen LogP contribution < -0.4 is 9.80 Å². The van der Waals surface area contributed by atoms with Crippen LogP contribution in [0.15, 0.2) is 96.1 Å². The zero-order valence-electron chi connectivity index (χ0n) is 21.1. The third-order valence-corrected chi connectivity index (χ3v) is 8.88. The number of hydrogen-bond acceptors (Lipinski definition) is 4. The highest BCUT2D eigenvalue weighted by Gasteiger charge is 2.59. The molecule has 0 fully saturated rings. The minimum absolute atomic E-state index is 0.000767. The van der Waals surface area contributed by atoms with Gasteiger partial charge >= 0.3 is 0 Å². The van der Waals surface area contributed by atoms with E-state index in [1.807, 2.05) is 24.4 Å². The van der Waals surface area contributed by atoms with Gasteiger partial charge in [0.2, 0.25) is 0 Å². The standard InChI is InChI=1S/C32H29N3O/c1-6-32(5)23-13-8-9-14-25(23)35-29-26(15-11-19-33-29)34(30(35)31(32,3)4)24-18-17-22-21-12-7-10-16-27(21)36-28(22)20(24)2/h6-19,30H,1H2,2-5H3. The molecule has 0 bridgehead atoms. The van der Waals surface area contributed by atoms with Crippen LogP contribution >= 0.6 is 0 Å². The number of furan rings is 1. The summed E-state index contributed by atoms with van der Waals surface area (Å²) in [6.45, 7) is 13.5. The molecule has 2 aromatic heterocycles. The van der Waals surface area contributed by atoms with Gasteiger partial charge in [-0.05, 0) is 48.9 Å². The van der Waals surface area contributed by atoms with Gasteiger partial charge in [0.25, 0.3) is 0 Å². The minimum atomic E-state index is -0.248. The Balaban J connectivity index is 1.54. The molecule has 4 nitrogen and oxygen atoms in total. The summed E-state index contributed by atoms with van der Waals surface area (Å²) in [5.74, 6) is 0.984. The molecule has 7 rings (SSSR count). The van der Waals surface area contributed by atoms with Crippen molar-refractivity contribution >= 4 is 44.8 Å². The van der Waals surface area contributed by atoms with Crippen LogP contribution in [-0.4, -0.2) is 11.1 Å². The van der Waals surface area contributed by atoms with E-state index < -0.39 is 0 Å². The number of para-hydroxylation sites is 2. The summed E-state index contributed by atoms with van der Waals surface area (Å²) in [4.78, 5) is 9.82. The second-order valence-corrected chi connectivity index (χ2v) is 10.8. The Hall–Kier alpha value is -4.05. The zero-order valence-corrected chi connectivity index (χ0v) is 21.1. The molecule has 178 valence electrons. The molecule has 36 heavy (non-hydrogen) atoms. The molecule has 0 N–H and O–H groups in total. The van der Waals surface area contributed by atoms with Crippen molar-refractivity contribution in [1.82, 2.24) is 4.98 Å². The summed E-state index contributed by atoms with van der Waals surface area (Å²) in [7, 11) is 0. The number of fused-ring (bicyclic) bond motifs is 8. The molecule has 4 heteroatoms. The van der Waals surface area contributed by atoms with Gasteiger partial charge in [0, 0.05) is 44.7 Å². The molecule has 2 unspecified atom stereocenters. The van der Waals surface area contributed by atoms with Crippen molar-refractivity contribution in [2.45, 2.75) is 39.3 Å².